The highest BCUT2D eigenvalue weighted by Crippen LogP contribution is 2.43. The number of aliphatic hydroxyl groups is 8. The summed E-state index contributed by atoms with van der Waals surface area (Å²) in [6.45, 7) is 29.0. The number of thiocarbonyl (C=S) groups is 1. The lowest BCUT2D eigenvalue weighted by Gasteiger charge is -2.33. The van der Waals surface area contributed by atoms with Gasteiger partial charge in [0.05, 0.1) is 24.4 Å². The molecular weight excluding hydrogens is 1230 g/mol. The molecule has 14 N–H and O–H groups in total. The third-order valence-electron chi connectivity index (χ3n) is 15.2. The normalized spacial score (nSPS) is 32.5. The molecule has 0 saturated carbocycles. The molecule has 8 heterocycles. The summed E-state index contributed by atoms with van der Waals surface area (Å²) in [5.41, 5.74) is 3.42. The molecule has 0 bridgehead atoms. The van der Waals surface area contributed by atoms with Crippen molar-refractivity contribution >= 4 is 88.0 Å². The summed E-state index contributed by atoms with van der Waals surface area (Å²) in [5.74, 6) is 5.30. The van der Waals surface area contributed by atoms with E-state index in [1.165, 1.54) is 22.2 Å². The van der Waals surface area contributed by atoms with Crippen LogP contribution in [0.1, 0.15) is 32.6 Å². The first-order valence-corrected chi connectivity index (χ1v) is 41.3. The van der Waals surface area contributed by atoms with Gasteiger partial charge in [-0.15, -0.1) is 58.7 Å². The SMILES string of the molecule is C=C1NC(=O)C(C#CC)=CN1[C@@H]1O[C@H](CCP(=C)(C)C)[C@@H](O)[C@H]1O.C=C1NC(=O)N(C)C=C1[C@@H]1O[C@H](CCP(=C)(C)C)[C@@H](O)[C@H]1O.C=C1NC(=O)NC=C1[C@@H]1O[C@H](CCP(=C)(C)C)[C@@H](O)[C@H]1O.C=C1NC(=S)NC=C1[C@@H]1O[C@H](CCP(=C)(C)C)[C@@H](O)[C@H]1O. The van der Waals surface area contributed by atoms with E-state index in [1.54, 1.807) is 26.4 Å². The van der Waals surface area contributed by atoms with Gasteiger partial charge in [-0.05, 0) is 123 Å². The topological polar surface area (TPSA) is 329 Å². The predicted octanol–water partition coefficient (Wildman–Crippen LogP) is 1.71. The minimum absolute atomic E-state index is 0.253. The molecule has 5 amide bonds. The van der Waals surface area contributed by atoms with Gasteiger partial charge in [0.1, 0.15) is 78.5 Å². The van der Waals surface area contributed by atoms with Gasteiger partial charge >= 0.3 is 12.1 Å². The van der Waals surface area contributed by atoms with E-state index in [4.69, 9.17) is 31.2 Å². The van der Waals surface area contributed by atoms with E-state index in [0.717, 1.165) is 24.6 Å². The zero-order valence-corrected chi connectivity index (χ0v) is 56.8. The Labute approximate surface area is 525 Å². The van der Waals surface area contributed by atoms with Gasteiger partial charge in [-0.25, -0.2) is 9.59 Å². The molecule has 23 nitrogen and oxygen atoms in total. The number of amides is 5. The average molecular weight is 1330 g/mol. The van der Waals surface area contributed by atoms with Crippen LogP contribution < -0.4 is 31.9 Å². The van der Waals surface area contributed by atoms with Crippen LogP contribution in [0.5, 0.6) is 0 Å². The summed E-state index contributed by atoms with van der Waals surface area (Å²) in [6.07, 6.45) is 16.4. The number of carbonyl (C=O) groups excluding carboxylic acids is 3. The third kappa shape index (κ3) is 20.6. The van der Waals surface area contributed by atoms with Crippen molar-refractivity contribution in [1.29, 1.82) is 0 Å². The Bertz CT molecular complexity index is 2990. The fraction of sp³-hybridized carbons (Fsp3) is 0.567. The number of aliphatic hydroxyl groups excluding tert-OH is 8. The molecule has 0 aromatic rings. The number of rotatable bonds is 16. The van der Waals surface area contributed by atoms with E-state index in [-0.39, 0.29) is 35.5 Å². The van der Waals surface area contributed by atoms with E-state index in [2.05, 4.69) is 149 Å². The van der Waals surface area contributed by atoms with Gasteiger partial charge in [0.25, 0.3) is 5.91 Å². The number of hydrogen-bond acceptors (Lipinski definition) is 17. The molecule has 0 spiro atoms. The highest BCUT2D eigenvalue weighted by atomic mass is 32.1. The molecule has 28 heteroatoms. The Hall–Kier alpha value is -4.30. The number of ether oxygens (including phenoxy) is 4. The Morgan fingerprint density at radius 2 is 0.898 bits per heavy atom. The van der Waals surface area contributed by atoms with E-state index in [0.29, 0.717) is 64.6 Å². The molecule has 4 saturated heterocycles. The average Bonchev–Trinajstić information content (AvgIpc) is 3.27. The summed E-state index contributed by atoms with van der Waals surface area (Å²) >= 11 is 4.99. The van der Waals surface area contributed by atoms with Crippen molar-refractivity contribution in [3.63, 3.8) is 0 Å². The van der Waals surface area contributed by atoms with Gasteiger partial charge in [0.2, 0.25) is 0 Å². The second-order valence-electron chi connectivity index (χ2n) is 25.8. The first kappa shape index (κ1) is 74.4. The lowest BCUT2D eigenvalue weighted by atomic mass is 9.99. The van der Waals surface area contributed by atoms with Crippen LogP contribution in [0, 0.1) is 11.8 Å². The monoisotopic (exact) mass is 1320 g/mol. The standard InChI is InChI=1S/C17H25N2O4P.C15H25N2O4P.C14H23N2O4P.C14H23N2O3PS/c1-6-7-12-10-19(11(2)18-16(12)22)17-15(21)14(20)13(23-17)8-9-24(3,4)5;1-9-10(8-17(2)15(20)16-9)14-13(19)12(18)11(21-14)6-7-22(3,4)5;1-8-9(7-15-14(19)16-8)13-12(18)11(17)10(20-13)5-6-21(2,3)4;1-8-9(7-15-14(21)16-8)13-12(18)11(17)10(19-13)5-6-20(2,3)4/h10,13-15,17,20-21H,2-3,8-9H2,1,4-5H3,(H,18,22);8,11-14,18-19H,1,3,6-7H2,2,4-5H3,(H,16,20);7,10-13,17-18H,1-2,5-6H2,3-4H3,(H2,15,16,19);7,10-13,17-18H,1-2,5-6H2,3-4H3,(H2,15,16,21)/t13-,14-,15-,17-;11-,12-,13-,14+;2*10-,11-,12-,13+/m1111/s1. The molecule has 0 aromatic heterocycles. The number of carbonyl (C=O) groups is 3. The maximum atomic E-state index is 11.9. The molecule has 8 aliphatic rings. The molecule has 8 aliphatic heterocycles. The second-order valence-corrected chi connectivity index (χ2v) is 43.4. The molecule has 16 atom stereocenters. The van der Waals surface area contributed by atoms with E-state index < -0.39 is 119 Å². The molecule has 0 radical (unpaired) electrons. The van der Waals surface area contributed by atoms with Gasteiger partial charge < -0.3 is 102 Å². The zero-order chi connectivity index (χ0) is 66.3. The molecule has 0 aliphatic carbocycles. The minimum Gasteiger partial charge on any atom is -0.388 e. The van der Waals surface area contributed by atoms with Crippen LogP contribution in [0.2, 0.25) is 0 Å². The third-order valence-corrected chi connectivity index (χ3v) is 21.3. The summed E-state index contributed by atoms with van der Waals surface area (Å²) in [6, 6.07) is -0.668. The van der Waals surface area contributed by atoms with E-state index >= 15 is 0 Å². The van der Waals surface area contributed by atoms with Crippen LogP contribution in [0.4, 0.5) is 9.59 Å². The van der Waals surface area contributed by atoms with Gasteiger partial charge in [-0.2, -0.15) is 0 Å². The smallest absolute Gasteiger partial charge is 0.325 e. The number of urea groups is 2. The molecule has 4 fully saturated rings. The Balaban J connectivity index is 0.000000214. The Morgan fingerprint density at radius 3 is 1.30 bits per heavy atom. The second kappa shape index (κ2) is 30.9. The lowest BCUT2D eigenvalue weighted by molar-refractivity contribution is -0.119. The van der Waals surface area contributed by atoms with Crippen molar-refractivity contribution in [2.45, 2.75) is 130 Å². The van der Waals surface area contributed by atoms with Crippen LogP contribution >= 0.6 is 39.8 Å². The molecular formula is C60H96N8O15P4S. The quantitative estimate of drug-likeness (QED) is 0.0594. The van der Waals surface area contributed by atoms with Crippen LogP contribution in [-0.4, -0.2) is 282 Å². The zero-order valence-electron chi connectivity index (χ0n) is 52.4. The minimum atomic E-state index is -1.25. The van der Waals surface area contributed by atoms with Crippen molar-refractivity contribution in [2.75, 3.05) is 85.0 Å². The molecule has 88 heavy (non-hydrogen) atoms. The van der Waals surface area contributed by atoms with Gasteiger partial charge in [0.15, 0.2) is 11.3 Å². The lowest BCUT2D eigenvalue weighted by Crippen LogP contribution is -2.47. The first-order valence-electron chi connectivity index (χ1n) is 28.7. The Morgan fingerprint density at radius 1 is 0.523 bits per heavy atom. The molecule has 0 unspecified atom stereocenters. The molecule has 0 aromatic carbocycles. The highest BCUT2D eigenvalue weighted by molar-refractivity contribution is 7.80. The van der Waals surface area contributed by atoms with Gasteiger partial charge in [0, 0.05) is 65.7 Å². The van der Waals surface area contributed by atoms with E-state index in [9.17, 15) is 55.2 Å². The fourth-order valence-electron chi connectivity index (χ4n) is 10.2. The maximum absolute atomic E-state index is 11.9. The predicted molar refractivity (Wildman–Crippen MR) is 363 cm³/mol. The molecule has 492 valence electrons. The maximum Gasteiger partial charge on any atom is 0.325 e. The van der Waals surface area contributed by atoms with Crippen LogP contribution in [-0.2, 0) is 23.7 Å². The van der Waals surface area contributed by atoms with Crippen molar-refractivity contribution in [1.82, 2.24) is 41.7 Å². The number of nitrogens with zero attached hydrogens (tertiary/aromatic N) is 2. The molecule has 8 rings (SSSR count). The van der Waals surface area contributed by atoms with Gasteiger partial charge in [-0.1, -0.05) is 32.2 Å². The summed E-state index contributed by atoms with van der Waals surface area (Å²) in [5, 5.41) is 98.4. The fourth-order valence-corrected chi connectivity index (χ4v) is 14.2. The highest BCUT2D eigenvalue weighted by Gasteiger charge is 2.49. The van der Waals surface area contributed by atoms with Gasteiger partial charge in [-0.3, -0.25) is 4.79 Å². The largest absolute Gasteiger partial charge is 0.388 e. The summed E-state index contributed by atoms with van der Waals surface area (Å²) in [4.78, 5) is 37.4. The van der Waals surface area contributed by atoms with Crippen LogP contribution in [0.3, 0.4) is 0 Å². The van der Waals surface area contributed by atoms with Crippen molar-refractivity contribution in [2.24, 2.45) is 0 Å². The number of hydrogen-bond donors (Lipinski definition) is 14. The van der Waals surface area contributed by atoms with E-state index in [1.807, 2.05) is 0 Å². The van der Waals surface area contributed by atoms with Crippen LogP contribution in [0.15, 0.2) is 96.3 Å². The summed E-state index contributed by atoms with van der Waals surface area (Å²) in [7, 11) is 1.60. The first-order chi connectivity index (χ1) is 40.6. The number of nitrogens with one attached hydrogen (secondary N) is 6. The van der Waals surface area contributed by atoms with Crippen LogP contribution in [0.25, 0.3) is 0 Å². The van der Waals surface area contributed by atoms with Crippen molar-refractivity contribution in [3.05, 3.63) is 96.3 Å². The summed E-state index contributed by atoms with van der Waals surface area (Å²) < 4.78 is 23.4. The Kier molecular flexibility index (Phi) is 26.1. The van der Waals surface area contributed by atoms with Crippen molar-refractivity contribution < 1.29 is 74.2 Å². The van der Waals surface area contributed by atoms with Crippen molar-refractivity contribution in [3.8, 4) is 11.8 Å².